The summed E-state index contributed by atoms with van der Waals surface area (Å²) in [6.45, 7) is 2.04. The second-order valence-electron chi connectivity index (χ2n) is 4.18. The van der Waals surface area contributed by atoms with Gasteiger partial charge in [0.05, 0.1) is 10.4 Å². The maximum Gasteiger partial charge on any atom is 0.191 e. The summed E-state index contributed by atoms with van der Waals surface area (Å²) in [5, 5.41) is 17.5. The van der Waals surface area contributed by atoms with Crippen LogP contribution in [0.5, 0.6) is 0 Å². The van der Waals surface area contributed by atoms with Crippen LogP contribution in [-0.4, -0.2) is 20.6 Å². The van der Waals surface area contributed by atoms with Crippen molar-refractivity contribution < 1.29 is 0 Å². The Bertz CT molecular complexity index is 509. The van der Waals surface area contributed by atoms with Crippen LogP contribution < -0.4 is 5.32 Å². The molecule has 0 radical (unpaired) electrons. The minimum Gasteiger partial charge on any atom is -0.300 e. The molecule has 2 N–H and O–H groups in total. The normalized spacial score (nSPS) is 20.5. The molecule has 0 aromatic carbocycles. The average Bonchev–Trinajstić information content (AvgIpc) is 2.96. The van der Waals surface area contributed by atoms with Crippen LogP contribution in [0.3, 0.4) is 0 Å². The van der Waals surface area contributed by atoms with E-state index in [-0.39, 0.29) is 6.04 Å². The van der Waals surface area contributed by atoms with Gasteiger partial charge in [-0.3, -0.25) is 0 Å². The van der Waals surface area contributed by atoms with Gasteiger partial charge in [0.2, 0.25) is 0 Å². The van der Waals surface area contributed by atoms with Crippen molar-refractivity contribution in [3.8, 4) is 0 Å². The molecular formula is C10H12ClN5S. The van der Waals surface area contributed by atoms with Crippen molar-refractivity contribution in [2.45, 2.75) is 31.8 Å². The molecule has 2 aromatic rings. The van der Waals surface area contributed by atoms with E-state index in [1.165, 1.54) is 10.4 Å². The van der Waals surface area contributed by atoms with E-state index in [9.17, 15) is 0 Å². The van der Waals surface area contributed by atoms with Gasteiger partial charge >= 0.3 is 0 Å². The molecule has 0 aliphatic heterocycles. The number of nitrogens with one attached hydrogen (secondary N) is 2. The number of aryl methyl sites for hydroxylation is 1. The highest BCUT2D eigenvalue weighted by Crippen LogP contribution is 2.40. The van der Waals surface area contributed by atoms with Crippen LogP contribution in [0.25, 0.3) is 0 Å². The van der Waals surface area contributed by atoms with Crippen LogP contribution in [-0.2, 0) is 6.42 Å². The number of H-pyrrole nitrogens is 1. The minimum atomic E-state index is 0.0865. The molecule has 1 aliphatic rings. The Morgan fingerprint density at radius 3 is 3.29 bits per heavy atom. The van der Waals surface area contributed by atoms with E-state index in [1.807, 2.05) is 6.92 Å². The quantitative estimate of drug-likeness (QED) is 0.897. The molecule has 0 fully saturated rings. The number of thiophene rings is 1. The Morgan fingerprint density at radius 1 is 1.65 bits per heavy atom. The number of tetrazole rings is 1. The molecule has 7 heteroatoms. The first-order chi connectivity index (χ1) is 8.24. The maximum atomic E-state index is 6.03. The molecular weight excluding hydrogens is 258 g/mol. The van der Waals surface area contributed by atoms with Crippen LogP contribution in [0.1, 0.15) is 41.7 Å². The highest BCUT2D eigenvalue weighted by atomic mass is 35.5. The topological polar surface area (TPSA) is 66.5 Å². The van der Waals surface area contributed by atoms with E-state index >= 15 is 0 Å². The van der Waals surface area contributed by atoms with Crippen molar-refractivity contribution >= 4 is 22.9 Å². The molecule has 0 saturated heterocycles. The molecule has 2 aromatic heterocycles. The molecule has 0 saturated carbocycles. The van der Waals surface area contributed by atoms with Crippen LogP contribution in [0.2, 0.25) is 4.34 Å². The second kappa shape index (κ2) is 4.36. The van der Waals surface area contributed by atoms with E-state index in [2.05, 4.69) is 32.0 Å². The molecule has 0 amide bonds. The van der Waals surface area contributed by atoms with Crippen molar-refractivity contribution in [3.05, 3.63) is 26.7 Å². The Labute approximate surface area is 108 Å². The zero-order valence-electron chi connectivity index (χ0n) is 9.27. The summed E-state index contributed by atoms with van der Waals surface area (Å²) in [5.41, 5.74) is 1.33. The first-order valence-electron chi connectivity index (χ1n) is 5.51. The molecule has 1 aliphatic carbocycles. The zero-order valence-corrected chi connectivity index (χ0v) is 10.8. The first kappa shape index (κ1) is 11.1. The van der Waals surface area contributed by atoms with Crippen molar-refractivity contribution in [3.63, 3.8) is 0 Å². The third-order valence-corrected chi connectivity index (χ3v) is 4.39. The highest BCUT2D eigenvalue weighted by molar-refractivity contribution is 7.16. The number of aromatic amines is 1. The molecule has 3 rings (SSSR count). The van der Waals surface area contributed by atoms with Crippen molar-refractivity contribution in [2.24, 2.45) is 0 Å². The zero-order chi connectivity index (χ0) is 11.8. The Kier molecular flexibility index (Phi) is 2.85. The third-order valence-electron chi connectivity index (χ3n) is 3.05. The smallest absolute Gasteiger partial charge is 0.191 e. The molecule has 17 heavy (non-hydrogen) atoms. The van der Waals surface area contributed by atoms with Crippen LogP contribution in [0, 0.1) is 0 Å². The molecule has 2 unspecified atom stereocenters. The lowest BCUT2D eigenvalue weighted by atomic mass is 10.1. The predicted octanol–water partition coefficient (Wildman–Crippen LogP) is 2.25. The predicted molar refractivity (Wildman–Crippen MR) is 66.1 cm³/mol. The van der Waals surface area contributed by atoms with Crippen molar-refractivity contribution in [1.29, 1.82) is 0 Å². The fourth-order valence-electron chi connectivity index (χ4n) is 2.23. The summed E-state index contributed by atoms with van der Waals surface area (Å²) in [6, 6.07) is 2.50. The van der Waals surface area contributed by atoms with Crippen molar-refractivity contribution in [1.82, 2.24) is 25.9 Å². The lowest BCUT2D eigenvalue weighted by molar-refractivity contribution is 0.450. The summed E-state index contributed by atoms with van der Waals surface area (Å²) < 4.78 is 0.869. The van der Waals surface area contributed by atoms with Gasteiger partial charge in [-0.25, -0.2) is 0 Å². The van der Waals surface area contributed by atoms with Gasteiger partial charge in [0, 0.05) is 10.9 Å². The van der Waals surface area contributed by atoms with Crippen molar-refractivity contribution in [2.75, 3.05) is 0 Å². The van der Waals surface area contributed by atoms with Gasteiger partial charge < -0.3 is 5.32 Å². The molecule has 2 heterocycles. The number of aromatic nitrogens is 4. The Balaban J connectivity index is 1.75. The van der Waals surface area contributed by atoms with E-state index in [1.54, 1.807) is 11.3 Å². The van der Waals surface area contributed by atoms with Gasteiger partial charge in [0.1, 0.15) is 0 Å². The SMILES string of the molecule is CC(NC1CCc2sc(Cl)cc21)c1nn[nH]n1. The second-order valence-corrected chi connectivity index (χ2v) is 5.95. The van der Waals surface area contributed by atoms with E-state index in [0.29, 0.717) is 11.9 Å². The summed E-state index contributed by atoms with van der Waals surface area (Å²) in [5.74, 6) is 0.694. The van der Waals surface area contributed by atoms with Gasteiger partial charge in [-0.05, 0) is 31.4 Å². The van der Waals surface area contributed by atoms with Crippen LogP contribution >= 0.6 is 22.9 Å². The minimum absolute atomic E-state index is 0.0865. The Hall–Kier alpha value is -0.980. The monoisotopic (exact) mass is 269 g/mol. The molecule has 2 atom stereocenters. The number of halogens is 1. The van der Waals surface area contributed by atoms with Gasteiger partial charge in [-0.1, -0.05) is 16.8 Å². The summed E-state index contributed by atoms with van der Waals surface area (Å²) >= 11 is 7.71. The number of rotatable bonds is 3. The van der Waals surface area contributed by atoms with Gasteiger partial charge in [0.15, 0.2) is 5.82 Å². The molecule has 90 valence electrons. The fourth-order valence-corrected chi connectivity index (χ4v) is 3.59. The van der Waals surface area contributed by atoms with E-state index in [0.717, 1.165) is 17.2 Å². The number of nitrogens with zero attached hydrogens (tertiary/aromatic N) is 3. The standard InChI is InChI=1S/C10H12ClN5S/c1-5(10-13-15-16-14-10)12-7-2-3-8-6(7)4-9(11)17-8/h4-5,7,12H,2-3H2,1H3,(H,13,14,15,16). The first-order valence-corrected chi connectivity index (χ1v) is 6.71. The average molecular weight is 270 g/mol. The molecule has 0 spiro atoms. The van der Waals surface area contributed by atoms with E-state index < -0.39 is 0 Å². The summed E-state index contributed by atoms with van der Waals surface area (Å²) in [7, 11) is 0. The van der Waals surface area contributed by atoms with Crippen LogP contribution in [0.4, 0.5) is 0 Å². The number of hydrogen-bond donors (Lipinski definition) is 2. The van der Waals surface area contributed by atoms with Gasteiger partial charge in [0.25, 0.3) is 0 Å². The lowest BCUT2D eigenvalue weighted by Gasteiger charge is -2.16. The van der Waals surface area contributed by atoms with Crippen LogP contribution in [0.15, 0.2) is 6.07 Å². The lowest BCUT2D eigenvalue weighted by Crippen LogP contribution is -2.23. The molecule has 0 bridgehead atoms. The highest BCUT2D eigenvalue weighted by Gasteiger charge is 2.27. The fraction of sp³-hybridized carbons (Fsp3) is 0.500. The number of fused-ring (bicyclic) bond motifs is 1. The largest absolute Gasteiger partial charge is 0.300 e. The van der Waals surface area contributed by atoms with Gasteiger partial charge in [-0.15, -0.1) is 21.5 Å². The molecule has 5 nitrogen and oxygen atoms in total. The Morgan fingerprint density at radius 2 is 2.53 bits per heavy atom. The third kappa shape index (κ3) is 2.08. The maximum absolute atomic E-state index is 6.03. The van der Waals surface area contributed by atoms with Gasteiger partial charge in [-0.2, -0.15) is 5.21 Å². The number of hydrogen-bond acceptors (Lipinski definition) is 5. The summed E-state index contributed by atoms with van der Waals surface area (Å²) in [6.07, 6.45) is 2.21. The summed E-state index contributed by atoms with van der Waals surface area (Å²) in [4.78, 5) is 1.40. The van der Waals surface area contributed by atoms with E-state index in [4.69, 9.17) is 11.6 Å².